The monoisotopic (exact) mass is 280 g/mol. The number of carbonyl (C=O) groups is 3. The van der Waals surface area contributed by atoms with E-state index in [-0.39, 0.29) is 35.4 Å². The Morgan fingerprint density at radius 3 is 2.65 bits per heavy atom. The van der Waals surface area contributed by atoms with Crippen LogP contribution in [0.1, 0.15) is 46.5 Å². The molecule has 1 saturated carbocycles. The second-order valence-corrected chi connectivity index (χ2v) is 6.63. The van der Waals surface area contributed by atoms with Gasteiger partial charge in [-0.25, -0.2) is 0 Å². The third-order valence-corrected chi connectivity index (χ3v) is 5.37. The van der Waals surface area contributed by atoms with E-state index in [1.165, 1.54) is 0 Å². The van der Waals surface area contributed by atoms with E-state index in [0.717, 1.165) is 19.1 Å². The molecule has 20 heavy (non-hydrogen) atoms. The minimum Gasteiger partial charge on any atom is -0.465 e. The van der Waals surface area contributed by atoms with Crippen molar-refractivity contribution in [2.24, 2.45) is 29.1 Å². The van der Waals surface area contributed by atoms with Gasteiger partial charge in [0.05, 0.1) is 6.61 Å². The molecule has 2 aliphatic rings. The van der Waals surface area contributed by atoms with Crippen LogP contribution < -0.4 is 0 Å². The van der Waals surface area contributed by atoms with Gasteiger partial charge in [-0.3, -0.25) is 4.79 Å². The summed E-state index contributed by atoms with van der Waals surface area (Å²) in [5.74, 6) is 0.222. The van der Waals surface area contributed by atoms with Crippen molar-refractivity contribution < 1.29 is 19.1 Å². The molecule has 112 valence electrons. The van der Waals surface area contributed by atoms with E-state index in [9.17, 15) is 14.4 Å². The van der Waals surface area contributed by atoms with Crippen molar-refractivity contribution in [3.63, 3.8) is 0 Å². The van der Waals surface area contributed by atoms with E-state index in [4.69, 9.17) is 4.74 Å². The summed E-state index contributed by atoms with van der Waals surface area (Å²) in [6.07, 6.45) is 3.77. The van der Waals surface area contributed by atoms with Gasteiger partial charge in [0, 0.05) is 6.42 Å². The largest absolute Gasteiger partial charge is 0.465 e. The zero-order valence-electron chi connectivity index (χ0n) is 12.6. The lowest BCUT2D eigenvalue weighted by Gasteiger charge is -2.51. The molecule has 5 atom stereocenters. The van der Waals surface area contributed by atoms with Crippen molar-refractivity contribution in [1.29, 1.82) is 0 Å². The topological polar surface area (TPSA) is 60.4 Å². The van der Waals surface area contributed by atoms with Gasteiger partial charge in [0.1, 0.15) is 17.5 Å². The van der Waals surface area contributed by atoms with Gasteiger partial charge < -0.3 is 14.3 Å². The lowest BCUT2D eigenvalue weighted by molar-refractivity contribution is -0.188. The highest BCUT2D eigenvalue weighted by Crippen LogP contribution is 2.54. The average Bonchev–Trinajstić information content (AvgIpc) is 2.41. The van der Waals surface area contributed by atoms with Crippen molar-refractivity contribution >= 4 is 18.0 Å². The number of cyclic esters (lactones) is 1. The molecule has 2 fully saturated rings. The number of ether oxygens (including phenoxy) is 1. The highest BCUT2D eigenvalue weighted by atomic mass is 16.5. The van der Waals surface area contributed by atoms with E-state index in [1.807, 2.05) is 6.92 Å². The molecule has 1 saturated heterocycles. The Balaban J connectivity index is 2.36. The molecule has 0 spiro atoms. The minimum absolute atomic E-state index is 0.0643. The molecule has 0 unspecified atom stereocenters. The number of hydrogen-bond acceptors (Lipinski definition) is 4. The molecule has 0 aromatic rings. The van der Waals surface area contributed by atoms with Crippen LogP contribution in [-0.2, 0) is 19.1 Å². The quantitative estimate of drug-likeness (QED) is 0.451. The van der Waals surface area contributed by atoms with Crippen molar-refractivity contribution in [3.8, 4) is 0 Å². The lowest BCUT2D eigenvalue weighted by atomic mass is 9.52. The van der Waals surface area contributed by atoms with Crippen LogP contribution in [0.3, 0.4) is 0 Å². The van der Waals surface area contributed by atoms with Gasteiger partial charge in [0.25, 0.3) is 0 Å². The molecule has 0 aromatic heterocycles. The molecule has 1 heterocycles. The first-order valence-corrected chi connectivity index (χ1v) is 7.56. The maximum atomic E-state index is 12.4. The molecule has 0 N–H and O–H groups in total. The van der Waals surface area contributed by atoms with Crippen LogP contribution in [0.25, 0.3) is 0 Å². The number of esters is 1. The molecule has 0 amide bonds. The predicted molar refractivity (Wildman–Crippen MR) is 73.9 cm³/mol. The zero-order chi connectivity index (χ0) is 14.9. The molecular formula is C16H24O4. The second-order valence-electron chi connectivity index (χ2n) is 6.63. The average molecular weight is 280 g/mol. The predicted octanol–water partition coefficient (Wildman–Crippen LogP) is 2.40. The standard InChI is InChI=1S/C16H24O4/c1-10-4-6-14-11(2)8-20-15(19)16(14,9-17)13(10)7-5-12(3)18/h9-11,13-14H,4-8H2,1-3H3/t10-,11+,13+,14+,16+/m1/s1. The second kappa shape index (κ2) is 5.66. The Kier molecular flexibility index (Phi) is 4.31. The molecule has 0 aromatic carbocycles. The van der Waals surface area contributed by atoms with Gasteiger partial charge >= 0.3 is 5.97 Å². The molecular weight excluding hydrogens is 256 g/mol. The summed E-state index contributed by atoms with van der Waals surface area (Å²) in [6, 6.07) is 0. The highest BCUT2D eigenvalue weighted by molar-refractivity contribution is 5.95. The number of rotatable bonds is 4. The normalized spacial score (nSPS) is 40.6. The molecule has 0 radical (unpaired) electrons. The fraction of sp³-hybridized carbons (Fsp3) is 0.812. The molecule has 1 aliphatic heterocycles. The van der Waals surface area contributed by atoms with Gasteiger partial charge in [0.2, 0.25) is 0 Å². The number of fused-ring (bicyclic) bond motifs is 1. The van der Waals surface area contributed by atoms with Gasteiger partial charge in [-0.15, -0.1) is 0 Å². The number of Topliss-reactive ketones (excluding diaryl/α,β-unsaturated/α-hetero) is 1. The van der Waals surface area contributed by atoms with Crippen LogP contribution >= 0.6 is 0 Å². The molecule has 4 nitrogen and oxygen atoms in total. The SMILES string of the molecule is CC(=O)CC[C@H]1[C@H](C)CC[C@H]2[C@@H](C)COC(=O)[C@@]12C=O. The third kappa shape index (κ3) is 2.29. The molecule has 0 bridgehead atoms. The van der Waals surface area contributed by atoms with Crippen LogP contribution in [0.5, 0.6) is 0 Å². The number of ketones is 1. The summed E-state index contributed by atoms with van der Waals surface area (Å²) in [7, 11) is 0. The summed E-state index contributed by atoms with van der Waals surface area (Å²) >= 11 is 0. The maximum Gasteiger partial charge on any atom is 0.319 e. The first kappa shape index (κ1) is 15.2. The summed E-state index contributed by atoms with van der Waals surface area (Å²) < 4.78 is 5.28. The Hall–Kier alpha value is -1.19. The molecule has 4 heteroatoms. The van der Waals surface area contributed by atoms with Gasteiger partial charge in [-0.2, -0.15) is 0 Å². The fourth-order valence-electron chi connectivity index (χ4n) is 4.24. The first-order valence-electron chi connectivity index (χ1n) is 7.56. The van der Waals surface area contributed by atoms with Crippen molar-refractivity contribution in [3.05, 3.63) is 0 Å². The van der Waals surface area contributed by atoms with Gasteiger partial charge in [0.15, 0.2) is 0 Å². The Morgan fingerprint density at radius 2 is 2.05 bits per heavy atom. The highest BCUT2D eigenvalue weighted by Gasteiger charge is 2.59. The van der Waals surface area contributed by atoms with Crippen molar-refractivity contribution in [2.45, 2.75) is 46.5 Å². The third-order valence-electron chi connectivity index (χ3n) is 5.37. The van der Waals surface area contributed by atoms with Crippen molar-refractivity contribution in [2.75, 3.05) is 6.61 Å². The number of carbonyl (C=O) groups excluding carboxylic acids is 3. The van der Waals surface area contributed by atoms with Gasteiger partial charge in [-0.1, -0.05) is 20.3 Å². The Bertz CT molecular complexity index is 417. The molecule has 1 aliphatic carbocycles. The van der Waals surface area contributed by atoms with E-state index in [2.05, 4.69) is 6.92 Å². The van der Waals surface area contributed by atoms with Gasteiger partial charge in [-0.05, 0) is 43.4 Å². The minimum atomic E-state index is -1.02. The maximum absolute atomic E-state index is 12.4. The van der Waals surface area contributed by atoms with Crippen LogP contribution in [0.2, 0.25) is 0 Å². The Morgan fingerprint density at radius 1 is 1.35 bits per heavy atom. The zero-order valence-corrected chi connectivity index (χ0v) is 12.6. The number of hydrogen-bond donors (Lipinski definition) is 0. The number of aldehydes is 1. The van der Waals surface area contributed by atoms with Crippen LogP contribution in [0.4, 0.5) is 0 Å². The first-order chi connectivity index (χ1) is 9.43. The van der Waals surface area contributed by atoms with Crippen molar-refractivity contribution in [1.82, 2.24) is 0 Å². The summed E-state index contributed by atoms with van der Waals surface area (Å²) in [4.78, 5) is 35.6. The van der Waals surface area contributed by atoms with E-state index in [1.54, 1.807) is 6.92 Å². The summed E-state index contributed by atoms with van der Waals surface area (Å²) in [5, 5.41) is 0. The van der Waals surface area contributed by atoms with E-state index < -0.39 is 5.41 Å². The Labute approximate surface area is 120 Å². The van der Waals surface area contributed by atoms with Crippen LogP contribution in [0.15, 0.2) is 0 Å². The summed E-state index contributed by atoms with van der Waals surface area (Å²) in [6.45, 7) is 6.10. The smallest absolute Gasteiger partial charge is 0.319 e. The lowest BCUT2D eigenvalue weighted by Crippen LogP contribution is -2.57. The molecule has 2 rings (SSSR count). The fourth-order valence-corrected chi connectivity index (χ4v) is 4.24. The summed E-state index contributed by atoms with van der Waals surface area (Å²) in [5.41, 5.74) is -1.02. The van der Waals surface area contributed by atoms with E-state index >= 15 is 0 Å². The van der Waals surface area contributed by atoms with Crippen LogP contribution in [-0.4, -0.2) is 24.6 Å². The van der Waals surface area contributed by atoms with Crippen LogP contribution in [0, 0.1) is 29.1 Å². The van der Waals surface area contributed by atoms with E-state index in [0.29, 0.717) is 19.4 Å².